The Kier molecular flexibility index (Phi) is 5.92. The second kappa shape index (κ2) is 7.92. The van der Waals surface area contributed by atoms with E-state index in [-0.39, 0.29) is 24.1 Å². The molecule has 0 spiro atoms. The maximum atomic E-state index is 12.0. The van der Waals surface area contributed by atoms with Gasteiger partial charge in [-0.25, -0.2) is 4.79 Å². The van der Waals surface area contributed by atoms with Gasteiger partial charge in [0.15, 0.2) is 0 Å². The molecule has 0 bridgehead atoms. The Labute approximate surface area is 147 Å². The Hall–Kier alpha value is -2.41. The van der Waals surface area contributed by atoms with Crippen LogP contribution < -0.4 is 10.9 Å². The van der Waals surface area contributed by atoms with Crippen LogP contribution in [0.4, 0.5) is 5.69 Å². The molecule has 0 radical (unpaired) electrons. The van der Waals surface area contributed by atoms with Crippen molar-refractivity contribution in [2.45, 2.75) is 26.5 Å². The molecule has 1 amide bonds. The molecule has 7 heteroatoms. The van der Waals surface area contributed by atoms with E-state index in [1.165, 1.54) is 10.6 Å². The van der Waals surface area contributed by atoms with Crippen molar-refractivity contribution in [3.63, 3.8) is 0 Å². The average Bonchev–Trinajstić information content (AvgIpc) is 2.51. The molecule has 0 fully saturated rings. The summed E-state index contributed by atoms with van der Waals surface area (Å²) in [5.41, 5.74) is 0.675. The van der Waals surface area contributed by atoms with Gasteiger partial charge in [-0.1, -0.05) is 0 Å². The number of hydrogen-bond acceptors (Lipinski definition) is 4. The molecule has 0 aliphatic rings. The molecule has 2 aromatic rings. The second-order valence-electron chi connectivity index (χ2n) is 5.39. The normalized spacial score (nSPS) is 10.5. The summed E-state index contributed by atoms with van der Waals surface area (Å²) in [6.07, 6.45) is 1.35. The van der Waals surface area contributed by atoms with Gasteiger partial charge in [0.05, 0.1) is 11.7 Å². The number of amides is 1. The van der Waals surface area contributed by atoms with Gasteiger partial charge in [0.1, 0.15) is 6.54 Å². The minimum absolute atomic E-state index is 0.102. The van der Waals surface area contributed by atoms with Crippen molar-refractivity contribution in [1.82, 2.24) is 4.57 Å². The lowest BCUT2D eigenvalue weighted by atomic mass is 10.2. The standard InChI is InChI=1S/C17H17BrN2O4/c1-11(2)24-17(23)12-3-6-14(7-4-12)19-15(21)10-20-9-13(18)5-8-16(20)22/h3-9,11H,10H2,1-2H3,(H,19,21). The van der Waals surface area contributed by atoms with E-state index in [2.05, 4.69) is 21.2 Å². The van der Waals surface area contributed by atoms with Crippen molar-refractivity contribution in [3.05, 3.63) is 63.0 Å². The number of nitrogens with one attached hydrogen (secondary N) is 1. The molecule has 0 saturated heterocycles. The Bertz CT molecular complexity index is 797. The van der Waals surface area contributed by atoms with Gasteiger partial charge in [0, 0.05) is 22.4 Å². The zero-order valence-electron chi connectivity index (χ0n) is 13.3. The fourth-order valence-electron chi connectivity index (χ4n) is 1.95. The number of aromatic nitrogens is 1. The molecule has 1 N–H and O–H groups in total. The summed E-state index contributed by atoms with van der Waals surface area (Å²) in [5, 5.41) is 2.68. The van der Waals surface area contributed by atoms with Crippen LogP contribution in [0, 0.1) is 0 Å². The Morgan fingerprint density at radius 3 is 2.46 bits per heavy atom. The van der Waals surface area contributed by atoms with E-state index in [1.807, 2.05) is 0 Å². The van der Waals surface area contributed by atoms with Gasteiger partial charge in [-0.05, 0) is 60.1 Å². The summed E-state index contributed by atoms with van der Waals surface area (Å²) in [4.78, 5) is 35.5. The number of benzene rings is 1. The van der Waals surface area contributed by atoms with Gasteiger partial charge in [0.2, 0.25) is 5.91 Å². The number of halogens is 1. The predicted octanol–water partition coefficient (Wildman–Crippen LogP) is 2.81. The Morgan fingerprint density at radius 1 is 1.17 bits per heavy atom. The first kappa shape index (κ1) is 17.9. The van der Waals surface area contributed by atoms with Crippen LogP contribution in [-0.4, -0.2) is 22.5 Å². The van der Waals surface area contributed by atoms with E-state index in [0.717, 1.165) is 0 Å². The molecule has 0 aliphatic carbocycles. The third kappa shape index (κ3) is 5.06. The van der Waals surface area contributed by atoms with Crippen LogP contribution >= 0.6 is 15.9 Å². The minimum Gasteiger partial charge on any atom is -0.459 e. The lowest BCUT2D eigenvalue weighted by Crippen LogP contribution is -2.26. The van der Waals surface area contributed by atoms with Gasteiger partial charge in [-0.15, -0.1) is 0 Å². The molecule has 1 heterocycles. The maximum Gasteiger partial charge on any atom is 0.338 e. The van der Waals surface area contributed by atoms with Gasteiger partial charge in [0.25, 0.3) is 5.56 Å². The van der Waals surface area contributed by atoms with Crippen molar-refractivity contribution >= 4 is 33.5 Å². The van der Waals surface area contributed by atoms with E-state index in [1.54, 1.807) is 50.4 Å². The zero-order chi connectivity index (χ0) is 17.7. The van der Waals surface area contributed by atoms with Crippen LogP contribution in [0.3, 0.4) is 0 Å². The minimum atomic E-state index is -0.413. The molecule has 2 rings (SSSR count). The molecule has 1 aromatic heterocycles. The number of rotatable bonds is 5. The number of carbonyl (C=O) groups is 2. The highest BCUT2D eigenvalue weighted by molar-refractivity contribution is 9.10. The summed E-state index contributed by atoms with van der Waals surface area (Å²) < 4.78 is 7.10. The molecular formula is C17H17BrN2O4. The summed E-state index contributed by atoms with van der Waals surface area (Å²) in [6, 6.07) is 9.37. The average molecular weight is 393 g/mol. The third-order valence-electron chi connectivity index (χ3n) is 3.01. The molecule has 24 heavy (non-hydrogen) atoms. The summed E-state index contributed by atoms with van der Waals surface area (Å²) >= 11 is 3.26. The van der Waals surface area contributed by atoms with Gasteiger partial charge >= 0.3 is 5.97 Å². The Balaban J connectivity index is 2.00. The van der Waals surface area contributed by atoms with Crippen molar-refractivity contribution in [1.29, 1.82) is 0 Å². The van der Waals surface area contributed by atoms with Crippen LogP contribution in [-0.2, 0) is 16.1 Å². The molecule has 0 atom stereocenters. The smallest absolute Gasteiger partial charge is 0.338 e. The first-order valence-electron chi connectivity index (χ1n) is 7.32. The molecule has 126 valence electrons. The highest BCUT2D eigenvalue weighted by atomic mass is 79.9. The fourth-order valence-corrected chi connectivity index (χ4v) is 2.33. The lowest BCUT2D eigenvalue weighted by molar-refractivity contribution is -0.116. The number of pyridine rings is 1. The second-order valence-corrected chi connectivity index (χ2v) is 6.31. The van der Waals surface area contributed by atoms with E-state index in [4.69, 9.17) is 4.74 Å². The SMILES string of the molecule is CC(C)OC(=O)c1ccc(NC(=O)Cn2cc(Br)ccc2=O)cc1. The lowest BCUT2D eigenvalue weighted by Gasteiger charge is -2.10. The van der Waals surface area contributed by atoms with E-state index >= 15 is 0 Å². The molecule has 0 unspecified atom stereocenters. The van der Waals surface area contributed by atoms with Gasteiger partial charge in [-0.3, -0.25) is 9.59 Å². The quantitative estimate of drug-likeness (QED) is 0.793. The monoisotopic (exact) mass is 392 g/mol. The van der Waals surface area contributed by atoms with Gasteiger partial charge in [-0.2, -0.15) is 0 Å². The third-order valence-corrected chi connectivity index (χ3v) is 3.48. The summed E-state index contributed by atoms with van der Waals surface area (Å²) in [5.74, 6) is -0.753. The van der Waals surface area contributed by atoms with Crippen LogP contribution in [0.2, 0.25) is 0 Å². The first-order valence-corrected chi connectivity index (χ1v) is 8.11. The highest BCUT2D eigenvalue weighted by Crippen LogP contribution is 2.12. The summed E-state index contributed by atoms with van der Waals surface area (Å²) in [6.45, 7) is 3.45. The van der Waals surface area contributed by atoms with Crippen molar-refractivity contribution in [2.24, 2.45) is 0 Å². The van der Waals surface area contributed by atoms with Gasteiger partial charge < -0.3 is 14.6 Å². The summed E-state index contributed by atoms with van der Waals surface area (Å²) in [7, 11) is 0. The van der Waals surface area contributed by atoms with E-state index < -0.39 is 5.97 Å². The number of anilines is 1. The highest BCUT2D eigenvalue weighted by Gasteiger charge is 2.10. The Morgan fingerprint density at radius 2 is 1.83 bits per heavy atom. The first-order chi connectivity index (χ1) is 11.3. The molecule has 0 saturated carbocycles. The van der Waals surface area contributed by atoms with Crippen molar-refractivity contribution < 1.29 is 14.3 Å². The van der Waals surface area contributed by atoms with Crippen molar-refractivity contribution in [3.8, 4) is 0 Å². The van der Waals surface area contributed by atoms with Crippen LogP contribution in [0.15, 0.2) is 51.9 Å². The number of ether oxygens (including phenoxy) is 1. The topological polar surface area (TPSA) is 77.4 Å². The van der Waals surface area contributed by atoms with Crippen molar-refractivity contribution in [2.75, 3.05) is 5.32 Å². The number of carbonyl (C=O) groups excluding carboxylic acids is 2. The molecule has 1 aromatic carbocycles. The fraction of sp³-hybridized carbons (Fsp3) is 0.235. The molecule has 0 aliphatic heterocycles. The van der Waals surface area contributed by atoms with E-state index in [0.29, 0.717) is 15.7 Å². The largest absolute Gasteiger partial charge is 0.459 e. The number of hydrogen-bond donors (Lipinski definition) is 1. The van der Waals surface area contributed by atoms with Crippen LogP contribution in [0.1, 0.15) is 24.2 Å². The maximum absolute atomic E-state index is 12.0. The zero-order valence-corrected chi connectivity index (χ0v) is 14.9. The number of esters is 1. The van der Waals surface area contributed by atoms with Crippen LogP contribution in [0.5, 0.6) is 0 Å². The molecular weight excluding hydrogens is 376 g/mol. The molecule has 6 nitrogen and oxygen atoms in total. The predicted molar refractivity (Wildman–Crippen MR) is 94.0 cm³/mol. The van der Waals surface area contributed by atoms with E-state index in [9.17, 15) is 14.4 Å². The number of nitrogens with zero attached hydrogens (tertiary/aromatic N) is 1. The van der Waals surface area contributed by atoms with Crippen LogP contribution in [0.25, 0.3) is 0 Å².